The third kappa shape index (κ3) is 4.59. The first kappa shape index (κ1) is 19.2. The van der Waals surface area contributed by atoms with Gasteiger partial charge in [0.15, 0.2) is 0 Å². The molecule has 1 N–H and O–H groups in total. The standard InChI is InChI=1S/C17H20N4O5S/c22-21(23)15-4-5-16(19-8-6-14-3-1-2-7-18-14)17(13-15)27(24,25)20-9-11-26-12-10-20/h1-5,7,13,19H,6,8-12H2. The molecule has 0 saturated carbocycles. The van der Waals surface area contributed by atoms with E-state index in [2.05, 4.69) is 10.3 Å². The molecule has 10 heteroatoms. The van der Waals surface area contributed by atoms with Crippen LogP contribution >= 0.6 is 0 Å². The van der Waals surface area contributed by atoms with Gasteiger partial charge < -0.3 is 10.1 Å². The van der Waals surface area contributed by atoms with E-state index in [1.54, 1.807) is 6.20 Å². The van der Waals surface area contributed by atoms with E-state index >= 15 is 0 Å². The lowest BCUT2D eigenvalue weighted by Crippen LogP contribution is -2.40. The average Bonchev–Trinajstić information content (AvgIpc) is 2.69. The molecule has 0 spiro atoms. The van der Waals surface area contributed by atoms with Crippen LogP contribution in [0.1, 0.15) is 5.69 Å². The number of morpholine rings is 1. The van der Waals surface area contributed by atoms with Crippen molar-refractivity contribution in [3.8, 4) is 0 Å². The van der Waals surface area contributed by atoms with E-state index in [-0.39, 0.29) is 23.7 Å². The predicted octanol–water partition coefficient (Wildman–Crippen LogP) is 1.67. The van der Waals surface area contributed by atoms with E-state index in [4.69, 9.17) is 4.74 Å². The number of nitrogens with zero attached hydrogens (tertiary/aromatic N) is 3. The Hall–Kier alpha value is -2.56. The van der Waals surface area contributed by atoms with Crippen molar-refractivity contribution in [3.63, 3.8) is 0 Å². The topological polar surface area (TPSA) is 115 Å². The van der Waals surface area contributed by atoms with Gasteiger partial charge in [-0.3, -0.25) is 15.1 Å². The van der Waals surface area contributed by atoms with Crippen LogP contribution in [0.4, 0.5) is 11.4 Å². The fourth-order valence-corrected chi connectivity index (χ4v) is 4.38. The van der Waals surface area contributed by atoms with Gasteiger partial charge >= 0.3 is 0 Å². The van der Waals surface area contributed by atoms with Gasteiger partial charge in [-0.05, 0) is 18.2 Å². The van der Waals surface area contributed by atoms with Gasteiger partial charge in [0, 0.05) is 50.1 Å². The zero-order valence-electron chi connectivity index (χ0n) is 14.6. The Morgan fingerprint density at radius 2 is 2.00 bits per heavy atom. The van der Waals surface area contributed by atoms with E-state index in [0.717, 1.165) is 11.8 Å². The van der Waals surface area contributed by atoms with Crippen LogP contribution in [0, 0.1) is 10.1 Å². The van der Waals surface area contributed by atoms with Crippen molar-refractivity contribution in [3.05, 3.63) is 58.4 Å². The number of pyridine rings is 1. The van der Waals surface area contributed by atoms with E-state index < -0.39 is 14.9 Å². The number of hydrogen-bond donors (Lipinski definition) is 1. The van der Waals surface area contributed by atoms with Crippen LogP contribution in [-0.2, 0) is 21.2 Å². The molecule has 1 aromatic carbocycles. The number of ether oxygens (including phenoxy) is 1. The summed E-state index contributed by atoms with van der Waals surface area (Å²) in [6.45, 7) is 1.49. The van der Waals surface area contributed by atoms with Gasteiger partial charge in [0.05, 0.1) is 23.8 Å². The second-order valence-electron chi connectivity index (χ2n) is 5.95. The quantitative estimate of drug-likeness (QED) is 0.563. The second kappa shape index (κ2) is 8.42. The molecule has 1 saturated heterocycles. The Kier molecular flexibility index (Phi) is 5.99. The van der Waals surface area contributed by atoms with E-state index in [1.165, 1.54) is 16.4 Å². The average molecular weight is 392 g/mol. The normalized spacial score (nSPS) is 15.4. The van der Waals surface area contributed by atoms with E-state index in [0.29, 0.717) is 31.9 Å². The molecule has 1 fully saturated rings. The smallest absolute Gasteiger partial charge is 0.270 e. The SMILES string of the molecule is O=[N+]([O-])c1ccc(NCCc2ccccn2)c(S(=O)(=O)N2CCOCC2)c1. The summed E-state index contributed by atoms with van der Waals surface area (Å²) in [6, 6.07) is 9.41. The van der Waals surface area contributed by atoms with Crippen LogP contribution in [0.15, 0.2) is 47.5 Å². The molecule has 0 amide bonds. The molecule has 0 unspecified atom stereocenters. The van der Waals surface area contributed by atoms with Crippen LogP contribution in [0.3, 0.4) is 0 Å². The Balaban J connectivity index is 1.85. The zero-order valence-corrected chi connectivity index (χ0v) is 15.4. The first-order valence-corrected chi connectivity index (χ1v) is 9.92. The van der Waals surface area contributed by atoms with Crippen molar-refractivity contribution in [1.29, 1.82) is 0 Å². The van der Waals surface area contributed by atoms with Gasteiger partial charge in [-0.2, -0.15) is 4.31 Å². The van der Waals surface area contributed by atoms with Gasteiger partial charge in [-0.15, -0.1) is 0 Å². The third-order valence-corrected chi connectivity index (χ3v) is 6.13. The Morgan fingerprint density at radius 3 is 2.67 bits per heavy atom. The highest BCUT2D eigenvalue weighted by Gasteiger charge is 2.30. The third-order valence-electron chi connectivity index (χ3n) is 4.19. The van der Waals surface area contributed by atoms with Crippen LogP contribution < -0.4 is 5.32 Å². The van der Waals surface area contributed by atoms with Crippen molar-refractivity contribution in [2.45, 2.75) is 11.3 Å². The molecule has 0 bridgehead atoms. The fraction of sp³-hybridized carbons (Fsp3) is 0.353. The summed E-state index contributed by atoms with van der Waals surface area (Å²) < 4.78 is 32.5. The fourth-order valence-electron chi connectivity index (χ4n) is 2.78. The minimum Gasteiger partial charge on any atom is -0.384 e. The number of hydrogen-bond acceptors (Lipinski definition) is 7. The van der Waals surface area contributed by atoms with Crippen molar-refractivity contribution < 1.29 is 18.1 Å². The zero-order chi connectivity index (χ0) is 19.3. The number of anilines is 1. The number of nitro groups is 1. The van der Waals surface area contributed by atoms with Gasteiger partial charge in [-0.25, -0.2) is 8.42 Å². The van der Waals surface area contributed by atoms with E-state index in [1.807, 2.05) is 18.2 Å². The molecular formula is C17H20N4O5S. The Bertz CT molecular complexity index is 899. The first-order valence-electron chi connectivity index (χ1n) is 8.48. The molecule has 144 valence electrons. The Morgan fingerprint density at radius 1 is 1.22 bits per heavy atom. The number of rotatable bonds is 7. The number of sulfonamides is 1. The highest BCUT2D eigenvalue weighted by Crippen LogP contribution is 2.29. The molecule has 2 aromatic rings. The number of non-ortho nitro benzene ring substituents is 1. The molecule has 27 heavy (non-hydrogen) atoms. The second-order valence-corrected chi connectivity index (χ2v) is 7.86. The molecule has 0 radical (unpaired) electrons. The summed E-state index contributed by atoms with van der Waals surface area (Å²) in [6.07, 6.45) is 2.28. The van der Waals surface area contributed by atoms with Crippen LogP contribution in [0.25, 0.3) is 0 Å². The monoisotopic (exact) mass is 392 g/mol. The minimum absolute atomic E-state index is 0.0976. The van der Waals surface area contributed by atoms with Crippen LogP contribution in [0.5, 0.6) is 0 Å². The highest BCUT2D eigenvalue weighted by molar-refractivity contribution is 7.89. The molecule has 3 rings (SSSR count). The van der Waals surface area contributed by atoms with Gasteiger partial charge in [0.1, 0.15) is 4.90 Å². The van der Waals surface area contributed by atoms with Crippen LogP contribution in [-0.4, -0.2) is 55.5 Å². The molecule has 1 aliphatic rings. The molecule has 0 atom stereocenters. The summed E-state index contributed by atoms with van der Waals surface area (Å²) >= 11 is 0. The molecule has 1 aliphatic heterocycles. The molecule has 2 heterocycles. The maximum absolute atomic E-state index is 13.0. The van der Waals surface area contributed by atoms with Crippen molar-refractivity contribution in [2.24, 2.45) is 0 Å². The summed E-state index contributed by atoms with van der Waals surface area (Å²) in [5, 5.41) is 14.2. The number of nitrogens with one attached hydrogen (secondary N) is 1. The van der Waals surface area contributed by atoms with Crippen LogP contribution in [0.2, 0.25) is 0 Å². The lowest BCUT2D eigenvalue weighted by Gasteiger charge is -2.27. The van der Waals surface area contributed by atoms with Gasteiger partial charge in [-0.1, -0.05) is 6.07 Å². The van der Waals surface area contributed by atoms with E-state index in [9.17, 15) is 18.5 Å². The summed E-state index contributed by atoms with van der Waals surface area (Å²) in [5.74, 6) is 0. The largest absolute Gasteiger partial charge is 0.384 e. The maximum atomic E-state index is 13.0. The van der Waals surface area contributed by atoms with Crippen molar-refractivity contribution >= 4 is 21.4 Å². The van der Waals surface area contributed by atoms with Crippen molar-refractivity contribution in [1.82, 2.24) is 9.29 Å². The first-order chi connectivity index (χ1) is 13.0. The highest BCUT2D eigenvalue weighted by atomic mass is 32.2. The summed E-state index contributed by atoms with van der Waals surface area (Å²) in [5.41, 5.74) is 0.935. The Labute approximate surface area is 157 Å². The van der Waals surface area contributed by atoms with Crippen molar-refractivity contribution in [2.75, 3.05) is 38.2 Å². The molecule has 1 aromatic heterocycles. The lowest BCUT2D eigenvalue weighted by atomic mass is 10.2. The number of nitro benzene ring substituents is 1. The number of aromatic nitrogens is 1. The molecular weight excluding hydrogens is 372 g/mol. The predicted molar refractivity (Wildman–Crippen MR) is 99.1 cm³/mol. The summed E-state index contributed by atoms with van der Waals surface area (Å²) in [4.78, 5) is 14.6. The van der Waals surface area contributed by atoms with Gasteiger partial charge in [0.2, 0.25) is 10.0 Å². The lowest BCUT2D eigenvalue weighted by molar-refractivity contribution is -0.385. The molecule has 9 nitrogen and oxygen atoms in total. The van der Waals surface area contributed by atoms with Gasteiger partial charge in [0.25, 0.3) is 5.69 Å². The minimum atomic E-state index is -3.87. The number of benzene rings is 1. The maximum Gasteiger partial charge on any atom is 0.270 e. The molecule has 0 aliphatic carbocycles. The summed E-state index contributed by atoms with van der Waals surface area (Å²) in [7, 11) is -3.87.